The zero-order chi connectivity index (χ0) is 12.0. The summed E-state index contributed by atoms with van der Waals surface area (Å²) in [5.74, 6) is 0.0306. The monoisotopic (exact) mass is 223 g/mol. The Kier molecular flexibility index (Phi) is 4.79. The topological polar surface area (TPSA) is 58.6 Å². The average molecular weight is 223 g/mol. The molecule has 1 rings (SSSR count). The quantitative estimate of drug-likeness (QED) is 0.785. The van der Waals surface area contributed by atoms with Crippen molar-refractivity contribution in [1.82, 2.24) is 5.32 Å². The average Bonchev–Trinajstić information content (AvgIpc) is 2.21. The molecule has 0 fully saturated rings. The second-order valence-corrected chi connectivity index (χ2v) is 3.73. The number of carbonyl (C=O) groups is 1. The van der Waals surface area contributed by atoms with Crippen molar-refractivity contribution in [2.45, 2.75) is 19.4 Å². The van der Waals surface area contributed by atoms with Gasteiger partial charge in [-0.1, -0.05) is 18.2 Å². The molecular formula is C12H17NO3. The molecule has 4 nitrogen and oxygen atoms in total. The summed E-state index contributed by atoms with van der Waals surface area (Å²) in [6.07, 6.45) is 0.181. The molecule has 1 aromatic carbocycles. The Balaban J connectivity index is 2.49. The third-order valence-electron chi connectivity index (χ3n) is 2.17. The minimum absolute atomic E-state index is 0.0247. The molecule has 2 N–H and O–H groups in total. The lowest BCUT2D eigenvalue weighted by Crippen LogP contribution is -2.36. The summed E-state index contributed by atoms with van der Waals surface area (Å²) in [5, 5.41) is 12.3. The molecule has 1 atom stereocenters. The number of para-hydroxylation sites is 1. The molecule has 4 heteroatoms. The first-order chi connectivity index (χ1) is 7.63. The third kappa shape index (κ3) is 3.90. The molecule has 1 aromatic rings. The van der Waals surface area contributed by atoms with Gasteiger partial charge in [-0.3, -0.25) is 4.79 Å². The number of nitrogens with one attached hydrogen (secondary N) is 1. The lowest BCUT2D eigenvalue weighted by atomic mass is 10.1. The van der Waals surface area contributed by atoms with Crippen LogP contribution in [0.3, 0.4) is 0 Å². The van der Waals surface area contributed by atoms with Gasteiger partial charge in [0.1, 0.15) is 5.75 Å². The molecule has 1 unspecified atom stereocenters. The van der Waals surface area contributed by atoms with Crippen LogP contribution >= 0.6 is 0 Å². The fourth-order valence-electron chi connectivity index (χ4n) is 1.45. The Morgan fingerprint density at radius 1 is 1.50 bits per heavy atom. The molecule has 1 amide bonds. The van der Waals surface area contributed by atoms with Crippen molar-refractivity contribution in [2.75, 3.05) is 13.7 Å². The summed E-state index contributed by atoms with van der Waals surface area (Å²) in [4.78, 5) is 11.6. The summed E-state index contributed by atoms with van der Waals surface area (Å²) < 4.78 is 4.91. The van der Waals surface area contributed by atoms with Gasteiger partial charge in [0.15, 0.2) is 0 Å². The Bertz CT molecular complexity index is 352. The molecule has 0 aromatic heterocycles. The highest BCUT2D eigenvalue weighted by Crippen LogP contribution is 2.15. The van der Waals surface area contributed by atoms with Gasteiger partial charge in [-0.05, 0) is 13.0 Å². The molecule has 0 bridgehead atoms. The first-order valence-corrected chi connectivity index (χ1v) is 5.18. The smallest absolute Gasteiger partial charge is 0.224 e. The van der Waals surface area contributed by atoms with E-state index in [1.54, 1.807) is 31.4 Å². The standard InChI is InChI=1S/C12H17NO3/c1-9(8-16-2)13-12(15)7-10-5-3-4-6-11(10)14/h3-6,9,14H,7-8H2,1-2H3,(H,13,15). The van der Waals surface area contributed by atoms with Gasteiger partial charge in [-0.15, -0.1) is 0 Å². The Morgan fingerprint density at radius 2 is 2.19 bits per heavy atom. The van der Waals surface area contributed by atoms with E-state index in [9.17, 15) is 9.90 Å². The van der Waals surface area contributed by atoms with E-state index in [0.717, 1.165) is 0 Å². The van der Waals surface area contributed by atoms with Gasteiger partial charge in [-0.2, -0.15) is 0 Å². The van der Waals surface area contributed by atoms with Crippen LogP contribution in [-0.2, 0) is 16.0 Å². The summed E-state index contributed by atoms with van der Waals surface area (Å²) in [6, 6.07) is 6.80. The van der Waals surface area contributed by atoms with Crippen LogP contribution in [0.25, 0.3) is 0 Å². The Hall–Kier alpha value is -1.55. The van der Waals surface area contributed by atoms with Crippen molar-refractivity contribution < 1.29 is 14.6 Å². The predicted molar refractivity (Wildman–Crippen MR) is 61.3 cm³/mol. The van der Waals surface area contributed by atoms with Crippen molar-refractivity contribution >= 4 is 5.91 Å². The van der Waals surface area contributed by atoms with Crippen molar-refractivity contribution in [3.63, 3.8) is 0 Å². The van der Waals surface area contributed by atoms with Crippen LogP contribution in [0.15, 0.2) is 24.3 Å². The fraction of sp³-hybridized carbons (Fsp3) is 0.417. The first-order valence-electron chi connectivity index (χ1n) is 5.18. The zero-order valence-corrected chi connectivity index (χ0v) is 9.56. The number of aromatic hydroxyl groups is 1. The maximum Gasteiger partial charge on any atom is 0.224 e. The van der Waals surface area contributed by atoms with Gasteiger partial charge in [0.05, 0.1) is 13.0 Å². The molecule has 0 spiro atoms. The molecular weight excluding hydrogens is 206 g/mol. The minimum Gasteiger partial charge on any atom is -0.508 e. The largest absolute Gasteiger partial charge is 0.508 e. The van der Waals surface area contributed by atoms with Crippen LogP contribution < -0.4 is 5.32 Å². The maximum absolute atomic E-state index is 11.6. The third-order valence-corrected chi connectivity index (χ3v) is 2.17. The molecule has 0 saturated carbocycles. The highest BCUT2D eigenvalue weighted by atomic mass is 16.5. The lowest BCUT2D eigenvalue weighted by Gasteiger charge is -2.12. The first kappa shape index (κ1) is 12.5. The summed E-state index contributed by atoms with van der Waals surface area (Å²) in [7, 11) is 1.59. The fourth-order valence-corrected chi connectivity index (χ4v) is 1.45. The molecule has 0 aliphatic rings. The van der Waals surface area contributed by atoms with Crippen LogP contribution in [0.1, 0.15) is 12.5 Å². The van der Waals surface area contributed by atoms with Gasteiger partial charge in [0, 0.05) is 18.7 Å². The Labute approximate surface area is 95.2 Å². The van der Waals surface area contributed by atoms with Crippen molar-refractivity contribution in [3.8, 4) is 5.75 Å². The number of rotatable bonds is 5. The van der Waals surface area contributed by atoms with Crippen LogP contribution in [0, 0.1) is 0 Å². The minimum atomic E-state index is -0.119. The summed E-state index contributed by atoms with van der Waals surface area (Å²) in [6.45, 7) is 2.35. The molecule has 0 heterocycles. The predicted octanol–water partition coefficient (Wildman–Crippen LogP) is 1.09. The van der Waals surface area contributed by atoms with Crippen LogP contribution in [0.4, 0.5) is 0 Å². The number of amides is 1. The number of phenols is 1. The van der Waals surface area contributed by atoms with E-state index in [4.69, 9.17) is 4.74 Å². The zero-order valence-electron chi connectivity index (χ0n) is 9.56. The van der Waals surface area contributed by atoms with Gasteiger partial charge in [0.25, 0.3) is 0 Å². The van der Waals surface area contributed by atoms with Crippen molar-refractivity contribution in [3.05, 3.63) is 29.8 Å². The van der Waals surface area contributed by atoms with E-state index in [2.05, 4.69) is 5.32 Å². The van der Waals surface area contributed by atoms with Gasteiger partial charge in [0.2, 0.25) is 5.91 Å². The molecule has 0 aliphatic heterocycles. The van der Waals surface area contributed by atoms with Gasteiger partial charge < -0.3 is 15.2 Å². The number of hydrogen-bond donors (Lipinski definition) is 2. The molecule has 0 radical (unpaired) electrons. The van der Waals surface area contributed by atoms with E-state index in [1.807, 2.05) is 6.92 Å². The number of hydrogen-bond acceptors (Lipinski definition) is 3. The number of benzene rings is 1. The molecule has 16 heavy (non-hydrogen) atoms. The number of phenolic OH excluding ortho intramolecular Hbond substituents is 1. The van der Waals surface area contributed by atoms with E-state index >= 15 is 0 Å². The van der Waals surface area contributed by atoms with E-state index < -0.39 is 0 Å². The van der Waals surface area contributed by atoms with Gasteiger partial charge in [-0.25, -0.2) is 0 Å². The second kappa shape index (κ2) is 6.12. The molecule has 88 valence electrons. The Morgan fingerprint density at radius 3 is 2.81 bits per heavy atom. The van der Waals surface area contributed by atoms with Crippen LogP contribution in [-0.4, -0.2) is 30.8 Å². The van der Waals surface area contributed by atoms with Crippen molar-refractivity contribution in [1.29, 1.82) is 0 Å². The van der Waals surface area contributed by atoms with Crippen LogP contribution in [0.5, 0.6) is 5.75 Å². The van der Waals surface area contributed by atoms with Crippen molar-refractivity contribution in [2.24, 2.45) is 0 Å². The normalized spacial score (nSPS) is 12.1. The summed E-state index contributed by atoms with van der Waals surface area (Å²) in [5.41, 5.74) is 0.629. The maximum atomic E-state index is 11.6. The summed E-state index contributed by atoms with van der Waals surface area (Å²) >= 11 is 0. The van der Waals surface area contributed by atoms with Gasteiger partial charge >= 0.3 is 0 Å². The highest BCUT2D eigenvalue weighted by molar-refractivity contribution is 5.79. The van der Waals surface area contributed by atoms with E-state index in [1.165, 1.54) is 0 Å². The highest BCUT2D eigenvalue weighted by Gasteiger charge is 2.09. The molecule has 0 aliphatic carbocycles. The van der Waals surface area contributed by atoms with Crippen LogP contribution in [0.2, 0.25) is 0 Å². The number of carbonyl (C=O) groups excluding carboxylic acids is 1. The van der Waals surface area contributed by atoms with E-state index in [0.29, 0.717) is 12.2 Å². The second-order valence-electron chi connectivity index (χ2n) is 3.73. The number of methoxy groups -OCH3 is 1. The SMILES string of the molecule is COCC(C)NC(=O)Cc1ccccc1O. The van der Waals surface area contributed by atoms with E-state index in [-0.39, 0.29) is 24.1 Å². The lowest BCUT2D eigenvalue weighted by molar-refractivity contribution is -0.121. The number of ether oxygens (including phenoxy) is 1. The molecule has 0 saturated heterocycles.